The fourth-order valence-corrected chi connectivity index (χ4v) is 3.67. The van der Waals surface area contributed by atoms with Gasteiger partial charge in [-0.15, -0.1) is 0 Å². The summed E-state index contributed by atoms with van der Waals surface area (Å²) in [5.74, 6) is -0.546. The molecule has 0 radical (unpaired) electrons. The van der Waals surface area contributed by atoms with Crippen molar-refractivity contribution in [2.24, 2.45) is 0 Å². The van der Waals surface area contributed by atoms with E-state index in [2.05, 4.69) is 54.5 Å². The van der Waals surface area contributed by atoms with Gasteiger partial charge in [-0.1, -0.05) is 12.2 Å². The summed E-state index contributed by atoms with van der Waals surface area (Å²) < 4.78 is 13.9. The number of pyridine rings is 1. The number of rotatable bonds is 0. The molecule has 2 aromatic heterocycles. The van der Waals surface area contributed by atoms with Crippen molar-refractivity contribution in [3.05, 3.63) is 48.3 Å². The topological polar surface area (TPSA) is 86.3 Å². The van der Waals surface area contributed by atoms with E-state index in [1.54, 1.807) is 12.3 Å². The van der Waals surface area contributed by atoms with Crippen molar-refractivity contribution in [1.82, 2.24) is 19.9 Å². The zero-order valence-electron chi connectivity index (χ0n) is 17.0. The maximum atomic E-state index is 13.9. The molecule has 0 spiro atoms. The molecule has 5 heterocycles. The maximum absolute atomic E-state index is 13.9. The number of anilines is 3. The lowest BCUT2D eigenvalue weighted by Crippen LogP contribution is -2.46. The van der Waals surface area contributed by atoms with Gasteiger partial charge in [0.15, 0.2) is 0 Å². The monoisotopic (exact) mass is 411 g/mol. The quantitative estimate of drug-likeness (QED) is 0.509. The second kappa shape index (κ2) is 9.17. The van der Waals surface area contributed by atoms with Crippen LogP contribution < -0.4 is 15.5 Å². The van der Waals surface area contributed by atoms with Crippen LogP contribution in [0.4, 0.5) is 21.7 Å². The summed E-state index contributed by atoms with van der Waals surface area (Å²) in [6.07, 6.45) is 9.22. The first-order chi connectivity index (χ1) is 14.6. The number of nitrogens with one attached hydrogen (secondary N) is 2. The van der Waals surface area contributed by atoms with Crippen molar-refractivity contribution in [2.75, 3.05) is 48.3 Å². The molecule has 0 saturated carbocycles. The molecule has 158 valence electrons. The molecule has 3 aliphatic heterocycles. The number of halogens is 1. The molecule has 2 N–H and O–H groups in total. The largest absolute Gasteiger partial charge is 0.367 e. The first-order valence-electron chi connectivity index (χ1n) is 10.3. The highest BCUT2D eigenvalue weighted by Gasteiger charge is 2.21. The van der Waals surface area contributed by atoms with Crippen molar-refractivity contribution in [1.29, 1.82) is 0 Å². The molecule has 4 bridgehead atoms. The molecular formula is C21H26FN7O. The Bertz CT molecular complexity index is 927. The Morgan fingerprint density at radius 3 is 2.83 bits per heavy atom. The Balaban J connectivity index is 1.64. The van der Waals surface area contributed by atoms with Gasteiger partial charge in [-0.05, 0) is 25.8 Å². The number of nitrogens with zero attached hydrogens (tertiary/aromatic N) is 5. The van der Waals surface area contributed by atoms with E-state index >= 15 is 0 Å². The van der Waals surface area contributed by atoms with Crippen molar-refractivity contribution in [3.63, 3.8) is 0 Å². The Morgan fingerprint density at radius 2 is 2.00 bits per heavy atom. The van der Waals surface area contributed by atoms with Gasteiger partial charge in [-0.3, -0.25) is 9.69 Å². The normalized spacial score (nSPS) is 23.5. The number of aromatic nitrogens is 3. The first-order valence-corrected chi connectivity index (χ1v) is 10.3. The SMILES string of the molecule is C[C@H]1CC/C=C/CN2CCN(CC2)c2cc(F)ncc2NC(=O)c2ccnc(n2)N1. The molecule has 2 aromatic rings. The lowest BCUT2D eigenvalue weighted by atomic mass is 10.1. The highest BCUT2D eigenvalue weighted by atomic mass is 19.1. The molecule has 0 unspecified atom stereocenters. The summed E-state index contributed by atoms with van der Waals surface area (Å²) in [6, 6.07) is 3.10. The maximum Gasteiger partial charge on any atom is 0.274 e. The van der Waals surface area contributed by atoms with Crippen LogP contribution in [0.25, 0.3) is 0 Å². The predicted octanol–water partition coefficient (Wildman–Crippen LogP) is 2.54. The summed E-state index contributed by atoms with van der Waals surface area (Å²) in [6.45, 7) is 6.20. The lowest BCUT2D eigenvalue weighted by molar-refractivity contribution is 0.102. The molecular weight excluding hydrogens is 385 g/mol. The molecule has 9 heteroatoms. The summed E-state index contributed by atoms with van der Waals surface area (Å²) in [7, 11) is 0. The molecule has 1 atom stereocenters. The molecule has 3 aliphatic rings. The van der Waals surface area contributed by atoms with Crippen LogP contribution in [0.3, 0.4) is 0 Å². The minimum absolute atomic E-state index is 0.170. The molecule has 5 rings (SSSR count). The number of hydrogen-bond donors (Lipinski definition) is 2. The lowest BCUT2D eigenvalue weighted by Gasteiger charge is -2.36. The van der Waals surface area contributed by atoms with E-state index in [1.807, 2.05) is 0 Å². The molecule has 0 aliphatic carbocycles. The number of piperazine rings is 1. The van der Waals surface area contributed by atoms with Gasteiger partial charge in [0.2, 0.25) is 11.9 Å². The fraction of sp³-hybridized carbons (Fsp3) is 0.429. The predicted molar refractivity (Wildman–Crippen MR) is 114 cm³/mol. The third-order valence-electron chi connectivity index (χ3n) is 5.37. The highest BCUT2D eigenvalue weighted by molar-refractivity contribution is 6.04. The van der Waals surface area contributed by atoms with Crippen LogP contribution >= 0.6 is 0 Å². The molecule has 1 saturated heterocycles. The Hall–Kier alpha value is -3.07. The van der Waals surface area contributed by atoms with Gasteiger partial charge < -0.3 is 15.5 Å². The molecule has 1 fully saturated rings. The Labute approximate surface area is 175 Å². The number of carbonyl (C=O) groups is 1. The van der Waals surface area contributed by atoms with E-state index in [1.165, 1.54) is 12.3 Å². The summed E-state index contributed by atoms with van der Waals surface area (Å²) in [5.41, 5.74) is 1.34. The van der Waals surface area contributed by atoms with Crippen LogP contribution in [0.1, 0.15) is 30.3 Å². The summed E-state index contributed by atoms with van der Waals surface area (Å²) in [5, 5.41) is 6.08. The van der Waals surface area contributed by atoms with Crippen LogP contribution in [0.15, 0.2) is 36.7 Å². The van der Waals surface area contributed by atoms with E-state index < -0.39 is 5.95 Å². The zero-order valence-corrected chi connectivity index (χ0v) is 17.0. The Morgan fingerprint density at radius 1 is 1.17 bits per heavy atom. The molecule has 1 amide bonds. The van der Waals surface area contributed by atoms with Gasteiger partial charge in [0.1, 0.15) is 5.69 Å². The van der Waals surface area contributed by atoms with Crippen molar-refractivity contribution >= 4 is 23.2 Å². The van der Waals surface area contributed by atoms with Crippen molar-refractivity contribution in [2.45, 2.75) is 25.8 Å². The Kier molecular flexibility index (Phi) is 6.18. The molecule has 8 nitrogen and oxygen atoms in total. The van der Waals surface area contributed by atoms with Gasteiger partial charge >= 0.3 is 0 Å². The number of hydrogen-bond acceptors (Lipinski definition) is 7. The van der Waals surface area contributed by atoms with E-state index in [4.69, 9.17) is 0 Å². The number of carbonyl (C=O) groups excluding carboxylic acids is 1. The minimum Gasteiger partial charge on any atom is -0.367 e. The smallest absolute Gasteiger partial charge is 0.274 e. The van der Waals surface area contributed by atoms with Crippen LogP contribution in [-0.2, 0) is 0 Å². The van der Waals surface area contributed by atoms with Crippen molar-refractivity contribution < 1.29 is 9.18 Å². The van der Waals surface area contributed by atoms with Crippen LogP contribution in [0, 0.1) is 5.95 Å². The average Bonchev–Trinajstić information content (AvgIpc) is 2.75. The van der Waals surface area contributed by atoms with E-state index in [9.17, 15) is 9.18 Å². The summed E-state index contributed by atoms with van der Waals surface area (Å²) in [4.78, 5) is 29.5. The van der Waals surface area contributed by atoms with Crippen LogP contribution in [0.5, 0.6) is 0 Å². The second-order valence-electron chi connectivity index (χ2n) is 7.63. The second-order valence-corrected chi connectivity index (χ2v) is 7.63. The zero-order chi connectivity index (χ0) is 20.9. The fourth-order valence-electron chi connectivity index (χ4n) is 3.67. The van der Waals surface area contributed by atoms with E-state index in [0.717, 1.165) is 45.6 Å². The standard InChI is InChI=1S/C21H26FN7O/c1-15-5-3-2-4-8-28-9-11-29(12-10-28)18-13-19(22)24-14-17(18)26-20(30)16-6-7-23-21(25-15)27-16/h2,4,6-7,13-15H,3,5,8-12H2,1H3,(H,26,30)(H,23,25,27)/b4-2+/t15-/m0/s1. The average molecular weight is 411 g/mol. The number of allylic oxidation sites excluding steroid dienone is 1. The van der Waals surface area contributed by atoms with Gasteiger partial charge in [0, 0.05) is 51.0 Å². The highest BCUT2D eigenvalue weighted by Crippen LogP contribution is 2.27. The van der Waals surface area contributed by atoms with Gasteiger partial charge in [-0.2, -0.15) is 4.39 Å². The van der Waals surface area contributed by atoms with Crippen LogP contribution in [0.2, 0.25) is 0 Å². The third kappa shape index (κ3) is 4.91. The summed E-state index contributed by atoms with van der Waals surface area (Å²) >= 11 is 0. The first kappa shape index (κ1) is 20.2. The van der Waals surface area contributed by atoms with Gasteiger partial charge in [0.05, 0.1) is 17.6 Å². The van der Waals surface area contributed by atoms with Crippen molar-refractivity contribution in [3.8, 4) is 0 Å². The number of fused-ring (bicyclic) bond motifs is 8. The van der Waals surface area contributed by atoms with Gasteiger partial charge in [0.25, 0.3) is 5.91 Å². The minimum atomic E-state index is -0.571. The molecule has 30 heavy (non-hydrogen) atoms. The molecule has 0 aromatic carbocycles. The van der Waals surface area contributed by atoms with Gasteiger partial charge in [-0.25, -0.2) is 15.0 Å². The van der Waals surface area contributed by atoms with E-state index in [-0.39, 0.29) is 17.6 Å². The van der Waals surface area contributed by atoms with Crippen LogP contribution in [-0.4, -0.2) is 64.5 Å². The third-order valence-corrected chi connectivity index (χ3v) is 5.37. The number of amides is 1. The van der Waals surface area contributed by atoms with E-state index in [0.29, 0.717) is 17.3 Å².